The van der Waals surface area contributed by atoms with Crippen LogP contribution in [-0.2, 0) is 6.61 Å². The smallest absolute Gasteiger partial charge is 0.135 e. The first-order valence-electron chi connectivity index (χ1n) is 5.59. The second-order valence-corrected chi connectivity index (χ2v) is 4.09. The van der Waals surface area contributed by atoms with Crippen LogP contribution in [0.15, 0.2) is 36.5 Å². The van der Waals surface area contributed by atoms with Gasteiger partial charge in [0.2, 0.25) is 0 Å². The Morgan fingerprint density at radius 3 is 2.71 bits per heavy atom. The van der Waals surface area contributed by atoms with E-state index in [4.69, 9.17) is 0 Å². The molecule has 3 nitrogen and oxygen atoms in total. The van der Waals surface area contributed by atoms with Crippen molar-refractivity contribution in [1.29, 1.82) is 0 Å². The second kappa shape index (κ2) is 4.97. The molecule has 2 aromatic rings. The maximum atomic E-state index is 9.22. The number of anilines is 2. The van der Waals surface area contributed by atoms with E-state index in [9.17, 15) is 5.11 Å². The van der Waals surface area contributed by atoms with Gasteiger partial charge in [0.25, 0.3) is 0 Å². The van der Waals surface area contributed by atoms with Crippen molar-refractivity contribution in [3.8, 4) is 0 Å². The van der Waals surface area contributed by atoms with Gasteiger partial charge in [0, 0.05) is 17.4 Å². The molecule has 0 saturated carbocycles. The normalized spacial score (nSPS) is 10.3. The summed E-state index contributed by atoms with van der Waals surface area (Å²) in [5.41, 5.74) is 4.28. The average molecular weight is 228 g/mol. The first kappa shape index (κ1) is 11.6. The van der Waals surface area contributed by atoms with E-state index in [1.165, 1.54) is 11.1 Å². The molecule has 17 heavy (non-hydrogen) atoms. The number of benzene rings is 1. The number of nitrogens with zero attached hydrogens (tertiary/aromatic N) is 1. The number of aryl methyl sites for hydroxylation is 2. The Labute approximate surface area is 101 Å². The van der Waals surface area contributed by atoms with Gasteiger partial charge >= 0.3 is 0 Å². The SMILES string of the molecule is Cc1ccc(Nc2ncccc2CO)cc1C. The molecular weight excluding hydrogens is 212 g/mol. The van der Waals surface area contributed by atoms with Gasteiger partial charge in [0.15, 0.2) is 0 Å². The van der Waals surface area contributed by atoms with Crippen LogP contribution in [-0.4, -0.2) is 10.1 Å². The van der Waals surface area contributed by atoms with Gasteiger partial charge in [-0.25, -0.2) is 4.98 Å². The van der Waals surface area contributed by atoms with E-state index in [-0.39, 0.29) is 6.61 Å². The van der Waals surface area contributed by atoms with E-state index in [2.05, 4.69) is 36.3 Å². The number of aromatic nitrogens is 1. The molecule has 1 heterocycles. The average Bonchev–Trinajstić information content (AvgIpc) is 2.34. The highest BCUT2D eigenvalue weighted by Crippen LogP contribution is 2.20. The minimum absolute atomic E-state index is 0.0129. The summed E-state index contributed by atoms with van der Waals surface area (Å²) in [5, 5.41) is 12.4. The molecule has 0 fully saturated rings. The third kappa shape index (κ3) is 2.63. The molecule has 0 aliphatic carbocycles. The monoisotopic (exact) mass is 228 g/mol. The molecule has 2 N–H and O–H groups in total. The predicted octanol–water partition coefficient (Wildman–Crippen LogP) is 2.93. The molecule has 1 aromatic carbocycles. The van der Waals surface area contributed by atoms with Crippen LogP contribution >= 0.6 is 0 Å². The van der Waals surface area contributed by atoms with Gasteiger partial charge in [-0.1, -0.05) is 12.1 Å². The van der Waals surface area contributed by atoms with Crippen LogP contribution in [0.5, 0.6) is 0 Å². The Bertz CT molecular complexity index is 523. The molecule has 0 amide bonds. The lowest BCUT2D eigenvalue weighted by Crippen LogP contribution is -1.99. The number of hydrogen-bond donors (Lipinski definition) is 2. The van der Waals surface area contributed by atoms with E-state index in [0.29, 0.717) is 5.82 Å². The van der Waals surface area contributed by atoms with Gasteiger partial charge in [0.05, 0.1) is 6.61 Å². The number of rotatable bonds is 3. The number of nitrogens with one attached hydrogen (secondary N) is 1. The maximum Gasteiger partial charge on any atom is 0.135 e. The van der Waals surface area contributed by atoms with E-state index in [0.717, 1.165) is 11.3 Å². The Hall–Kier alpha value is -1.87. The van der Waals surface area contributed by atoms with Gasteiger partial charge in [-0.15, -0.1) is 0 Å². The predicted molar refractivity (Wildman–Crippen MR) is 69.4 cm³/mol. The molecule has 0 aliphatic rings. The molecule has 0 aliphatic heterocycles. The van der Waals surface area contributed by atoms with Crippen LogP contribution in [0.4, 0.5) is 11.5 Å². The summed E-state index contributed by atoms with van der Waals surface area (Å²) in [6, 6.07) is 9.83. The highest BCUT2D eigenvalue weighted by molar-refractivity contribution is 5.60. The number of pyridine rings is 1. The zero-order valence-corrected chi connectivity index (χ0v) is 10.1. The Balaban J connectivity index is 2.28. The molecular formula is C14H16N2O. The van der Waals surface area contributed by atoms with Gasteiger partial charge in [-0.3, -0.25) is 0 Å². The molecule has 88 valence electrons. The number of hydrogen-bond acceptors (Lipinski definition) is 3. The number of aliphatic hydroxyl groups is 1. The number of aliphatic hydroxyl groups excluding tert-OH is 1. The van der Waals surface area contributed by atoms with Crippen LogP contribution in [0.3, 0.4) is 0 Å². The fraction of sp³-hybridized carbons (Fsp3) is 0.214. The van der Waals surface area contributed by atoms with Gasteiger partial charge in [-0.05, 0) is 43.2 Å². The molecule has 1 aromatic heterocycles. The summed E-state index contributed by atoms with van der Waals surface area (Å²) in [4.78, 5) is 4.23. The van der Waals surface area contributed by atoms with E-state index in [1.807, 2.05) is 18.2 Å². The largest absolute Gasteiger partial charge is 0.392 e. The lowest BCUT2D eigenvalue weighted by Gasteiger charge is -2.10. The third-order valence-electron chi connectivity index (χ3n) is 2.83. The molecule has 0 radical (unpaired) electrons. The van der Waals surface area contributed by atoms with E-state index >= 15 is 0 Å². The van der Waals surface area contributed by atoms with Crippen molar-refractivity contribution >= 4 is 11.5 Å². The highest BCUT2D eigenvalue weighted by atomic mass is 16.3. The van der Waals surface area contributed by atoms with Crippen molar-refractivity contribution in [2.45, 2.75) is 20.5 Å². The third-order valence-corrected chi connectivity index (χ3v) is 2.83. The van der Waals surface area contributed by atoms with Crippen LogP contribution < -0.4 is 5.32 Å². The zero-order valence-electron chi connectivity index (χ0n) is 10.1. The molecule has 0 atom stereocenters. The van der Waals surface area contributed by atoms with Crippen LogP contribution in [0.1, 0.15) is 16.7 Å². The summed E-state index contributed by atoms with van der Waals surface area (Å²) in [5.74, 6) is 0.707. The van der Waals surface area contributed by atoms with Crippen LogP contribution in [0.2, 0.25) is 0 Å². The minimum atomic E-state index is -0.0129. The molecule has 0 unspecified atom stereocenters. The first-order valence-corrected chi connectivity index (χ1v) is 5.59. The van der Waals surface area contributed by atoms with E-state index < -0.39 is 0 Å². The fourth-order valence-corrected chi connectivity index (χ4v) is 1.63. The van der Waals surface area contributed by atoms with Crippen molar-refractivity contribution in [3.05, 3.63) is 53.2 Å². The van der Waals surface area contributed by atoms with Crippen molar-refractivity contribution in [1.82, 2.24) is 4.98 Å². The van der Waals surface area contributed by atoms with Gasteiger partial charge in [0.1, 0.15) is 5.82 Å². The van der Waals surface area contributed by atoms with Crippen molar-refractivity contribution < 1.29 is 5.11 Å². The summed E-state index contributed by atoms with van der Waals surface area (Å²) < 4.78 is 0. The molecule has 3 heteroatoms. The van der Waals surface area contributed by atoms with E-state index in [1.54, 1.807) is 6.20 Å². The quantitative estimate of drug-likeness (QED) is 0.849. The highest BCUT2D eigenvalue weighted by Gasteiger charge is 2.03. The Morgan fingerprint density at radius 2 is 2.00 bits per heavy atom. The summed E-state index contributed by atoms with van der Waals surface area (Å²) >= 11 is 0. The topological polar surface area (TPSA) is 45.2 Å². The Kier molecular flexibility index (Phi) is 3.40. The van der Waals surface area contributed by atoms with Gasteiger partial charge in [-0.2, -0.15) is 0 Å². The lowest BCUT2D eigenvalue weighted by molar-refractivity contribution is 0.282. The van der Waals surface area contributed by atoms with Crippen LogP contribution in [0.25, 0.3) is 0 Å². The first-order chi connectivity index (χ1) is 8.20. The summed E-state index contributed by atoms with van der Waals surface area (Å²) in [7, 11) is 0. The second-order valence-electron chi connectivity index (χ2n) is 4.09. The van der Waals surface area contributed by atoms with Crippen molar-refractivity contribution in [2.75, 3.05) is 5.32 Å². The van der Waals surface area contributed by atoms with Crippen molar-refractivity contribution in [2.24, 2.45) is 0 Å². The summed E-state index contributed by atoms with van der Waals surface area (Å²) in [6.07, 6.45) is 1.71. The van der Waals surface area contributed by atoms with Gasteiger partial charge < -0.3 is 10.4 Å². The Morgan fingerprint density at radius 1 is 1.18 bits per heavy atom. The molecule has 0 bridgehead atoms. The fourth-order valence-electron chi connectivity index (χ4n) is 1.63. The lowest BCUT2D eigenvalue weighted by atomic mass is 10.1. The summed E-state index contributed by atoms with van der Waals surface area (Å²) in [6.45, 7) is 4.14. The minimum Gasteiger partial charge on any atom is -0.392 e. The zero-order chi connectivity index (χ0) is 12.3. The maximum absolute atomic E-state index is 9.22. The van der Waals surface area contributed by atoms with Crippen molar-refractivity contribution in [3.63, 3.8) is 0 Å². The standard InChI is InChI=1S/C14H16N2O/c1-10-5-6-13(8-11(10)2)16-14-12(9-17)4-3-7-15-14/h3-8,17H,9H2,1-2H3,(H,15,16). The van der Waals surface area contributed by atoms with Crippen LogP contribution in [0, 0.1) is 13.8 Å². The molecule has 0 saturated heterocycles. The molecule has 2 rings (SSSR count). The molecule has 0 spiro atoms.